The number of amides is 2. The van der Waals surface area contributed by atoms with Crippen LogP contribution in [-0.4, -0.2) is 75.1 Å². The lowest BCUT2D eigenvalue weighted by atomic mass is 9.75. The number of aliphatic carboxylic acids is 1. The van der Waals surface area contributed by atoms with Crippen molar-refractivity contribution in [2.24, 2.45) is 11.3 Å². The van der Waals surface area contributed by atoms with Crippen molar-refractivity contribution in [1.29, 1.82) is 0 Å². The van der Waals surface area contributed by atoms with Crippen LogP contribution in [-0.2, 0) is 28.9 Å². The van der Waals surface area contributed by atoms with Crippen LogP contribution < -0.4 is 20.1 Å². The average molecular weight is 689 g/mol. The Morgan fingerprint density at radius 1 is 1.06 bits per heavy atom. The SMILES string of the molecule is COc1cc(F)c(O[C@H]2CC[C@@](C)(C(=O)O)CC2)cc1C(=O)NC1[C@H](C(=O)Nc2cccc(S(=O)(=O)C(F)(F)F)c2)C[C@H]2OCO[C@@H]12. The van der Waals surface area contributed by atoms with Crippen molar-refractivity contribution in [3.8, 4) is 11.5 Å². The van der Waals surface area contributed by atoms with Crippen LogP contribution in [0.4, 0.5) is 23.2 Å². The monoisotopic (exact) mass is 688 g/mol. The van der Waals surface area contributed by atoms with E-state index >= 15 is 4.39 Å². The van der Waals surface area contributed by atoms with Crippen molar-refractivity contribution in [1.82, 2.24) is 5.32 Å². The average Bonchev–Trinajstić information content (AvgIpc) is 3.61. The summed E-state index contributed by atoms with van der Waals surface area (Å²) in [7, 11) is -4.45. The number of carboxylic acids is 1. The van der Waals surface area contributed by atoms with E-state index in [0.717, 1.165) is 24.3 Å². The highest BCUT2D eigenvalue weighted by Gasteiger charge is 2.52. The van der Waals surface area contributed by atoms with Gasteiger partial charge >= 0.3 is 11.5 Å². The number of carbonyl (C=O) groups is 3. The molecule has 0 radical (unpaired) electrons. The number of carboxylic acid groups (broad SMARTS) is 1. The van der Waals surface area contributed by atoms with Gasteiger partial charge in [0.25, 0.3) is 15.7 Å². The summed E-state index contributed by atoms with van der Waals surface area (Å²) in [5, 5.41) is 14.6. The van der Waals surface area contributed by atoms with Gasteiger partial charge in [-0.05, 0) is 63.3 Å². The number of anilines is 1. The maximum atomic E-state index is 15.0. The minimum Gasteiger partial charge on any atom is -0.496 e. The molecule has 1 heterocycles. The van der Waals surface area contributed by atoms with Crippen LogP contribution in [0, 0.1) is 17.2 Å². The number of benzene rings is 2. The first-order valence-electron chi connectivity index (χ1n) is 14.6. The Balaban J connectivity index is 1.34. The van der Waals surface area contributed by atoms with Gasteiger partial charge in [0.2, 0.25) is 5.91 Å². The Bertz CT molecular complexity index is 1660. The lowest BCUT2D eigenvalue weighted by Crippen LogP contribution is -2.48. The summed E-state index contributed by atoms with van der Waals surface area (Å²) in [6.07, 6.45) is -0.538. The third-order valence-corrected chi connectivity index (χ3v) is 10.4. The number of ether oxygens (including phenoxy) is 4. The highest BCUT2D eigenvalue weighted by atomic mass is 32.2. The summed E-state index contributed by atoms with van der Waals surface area (Å²) in [5.41, 5.74) is -6.83. The van der Waals surface area contributed by atoms with E-state index < -0.39 is 79.5 Å². The zero-order chi connectivity index (χ0) is 34.3. The number of carbonyl (C=O) groups excluding carboxylic acids is 2. The van der Waals surface area contributed by atoms with E-state index in [0.29, 0.717) is 31.7 Å². The molecule has 0 aromatic heterocycles. The second kappa shape index (κ2) is 12.9. The molecule has 12 nitrogen and oxygen atoms in total. The standard InChI is InChI=1S/C30H32F4N2O10S/c1-29(28(39)40)8-6-16(7-9-29)46-22-11-18(21(43-2)13-20(22)31)26(37)36-24-19(12-23-25(24)45-14-44-23)27(38)35-15-4-3-5-17(10-15)47(41,42)30(32,33)34/h3-5,10-11,13,16,19,23-25H,6-9,12,14H2,1-2H3,(H,35,38)(H,36,37)(H,39,40)/t16-,19-,23-,24?,25-,29+/m1/s1. The quantitative estimate of drug-likeness (QED) is 0.328. The molecule has 2 saturated carbocycles. The fraction of sp³-hybridized carbons (Fsp3) is 0.500. The molecule has 2 amide bonds. The second-order valence-electron chi connectivity index (χ2n) is 11.9. The van der Waals surface area contributed by atoms with Crippen molar-refractivity contribution in [3.63, 3.8) is 0 Å². The molecule has 1 aliphatic heterocycles. The molecular formula is C30H32F4N2O10S. The Kier molecular flexibility index (Phi) is 9.45. The van der Waals surface area contributed by atoms with Gasteiger partial charge in [-0.15, -0.1) is 0 Å². The molecule has 256 valence electrons. The Hall–Kier alpha value is -3.96. The molecule has 17 heteroatoms. The molecule has 0 spiro atoms. The summed E-state index contributed by atoms with van der Waals surface area (Å²) in [6.45, 7) is 1.52. The number of methoxy groups -OCH3 is 1. The van der Waals surface area contributed by atoms with Gasteiger partial charge in [-0.25, -0.2) is 12.8 Å². The number of fused-ring (bicyclic) bond motifs is 1. The van der Waals surface area contributed by atoms with E-state index in [1.165, 1.54) is 13.2 Å². The van der Waals surface area contributed by atoms with Crippen molar-refractivity contribution in [2.45, 2.75) is 73.8 Å². The van der Waals surface area contributed by atoms with E-state index in [1.807, 2.05) is 0 Å². The highest BCUT2D eigenvalue weighted by Crippen LogP contribution is 2.40. The summed E-state index contributed by atoms with van der Waals surface area (Å²) in [6, 6.07) is 4.77. The van der Waals surface area contributed by atoms with Crippen LogP contribution in [0.5, 0.6) is 11.5 Å². The molecule has 47 heavy (non-hydrogen) atoms. The minimum atomic E-state index is -5.68. The third-order valence-electron chi connectivity index (χ3n) is 8.88. The van der Waals surface area contributed by atoms with Gasteiger partial charge in [-0.2, -0.15) is 13.2 Å². The molecular weight excluding hydrogens is 656 g/mol. The van der Waals surface area contributed by atoms with Gasteiger partial charge in [0.05, 0.1) is 47.2 Å². The van der Waals surface area contributed by atoms with Crippen LogP contribution in [0.3, 0.4) is 0 Å². The molecule has 1 saturated heterocycles. The molecule has 2 aromatic carbocycles. The smallest absolute Gasteiger partial charge is 0.496 e. The fourth-order valence-corrected chi connectivity index (χ4v) is 6.88. The molecule has 2 aromatic rings. The van der Waals surface area contributed by atoms with Gasteiger partial charge in [0.1, 0.15) is 18.6 Å². The van der Waals surface area contributed by atoms with Crippen LogP contribution >= 0.6 is 0 Å². The van der Waals surface area contributed by atoms with Gasteiger partial charge in [-0.1, -0.05) is 6.07 Å². The molecule has 4 atom stereocenters. The normalized spacial score (nSPS) is 27.5. The van der Waals surface area contributed by atoms with Crippen LogP contribution in [0.15, 0.2) is 41.3 Å². The van der Waals surface area contributed by atoms with Crippen LogP contribution in [0.25, 0.3) is 0 Å². The van der Waals surface area contributed by atoms with E-state index in [-0.39, 0.29) is 36.0 Å². The molecule has 3 aliphatic rings. The zero-order valence-corrected chi connectivity index (χ0v) is 26.0. The molecule has 2 aliphatic carbocycles. The lowest BCUT2D eigenvalue weighted by molar-refractivity contribution is -0.150. The number of nitrogens with one attached hydrogen (secondary N) is 2. The summed E-state index contributed by atoms with van der Waals surface area (Å²) >= 11 is 0. The highest BCUT2D eigenvalue weighted by molar-refractivity contribution is 7.92. The van der Waals surface area contributed by atoms with E-state index in [1.54, 1.807) is 6.92 Å². The van der Waals surface area contributed by atoms with Crippen molar-refractivity contribution in [2.75, 3.05) is 19.2 Å². The largest absolute Gasteiger partial charge is 0.501 e. The summed E-state index contributed by atoms with van der Waals surface area (Å²) < 4.78 is 100. The number of halogens is 4. The molecule has 5 rings (SSSR count). The maximum absolute atomic E-state index is 15.0. The zero-order valence-electron chi connectivity index (χ0n) is 25.1. The van der Waals surface area contributed by atoms with Crippen LogP contribution in [0.2, 0.25) is 0 Å². The first-order valence-corrected chi connectivity index (χ1v) is 16.1. The topological polar surface area (TPSA) is 167 Å². The second-order valence-corrected chi connectivity index (χ2v) is 13.9. The first kappa shape index (κ1) is 34.4. The minimum absolute atomic E-state index is 0.0494. The summed E-state index contributed by atoms with van der Waals surface area (Å²) in [5.74, 6) is -4.71. The van der Waals surface area contributed by atoms with Gasteiger partial charge in [0.15, 0.2) is 11.6 Å². The Labute approximate surface area is 266 Å². The third kappa shape index (κ3) is 6.87. The number of alkyl halides is 3. The predicted octanol–water partition coefficient (Wildman–Crippen LogP) is 4.04. The molecule has 0 bridgehead atoms. The summed E-state index contributed by atoms with van der Waals surface area (Å²) in [4.78, 5) is 37.5. The number of hydrogen-bond acceptors (Lipinski definition) is 9. The fourth-order valence-electron chi connectivity index (χ4n) is 6.07. The van der Waals surface area contributed by atoms with E-state index in [9.17, 15) is 41.1 Å². The van der Waals surface area contributed by atoms with Gasteiger partial charge in [-0.3, -0.25) is 14.4 Å². The Morgan fingerprint density at radius 2 is 1.77 bits per heavy atom. The predicted molar refractivity (Wildman–Crippen MR) is 154 cm³/mol. The van der Waals surface area contributed by atoms with Crippen molar-refractivity contribution < 1.29 is 64.4 Å². The number of rotatable bonds is 9. The Morgan fingerprint density at radius 3 is 2.40 bits per heavy atom. The maximum Gasteiger partial charge on any atom is 0.501 e. The number of sulfone groups is 1. The van der Waals surface area contributed by atoms with Crippen molar-refractivity contribution in [3.05, 3.63) is 47.8 Å². The van der Waals surface area contributed by atoms with E-state index in [2.05, 4.69) is 10.6 Å². The molecule has 3 N–H and O–H groups in total. The first-order chi connectivity index (χ1) is 22.0. The van der Waals surface area contributed by atoms with Gasteiger partial charge < -0.3 is 34.7 Å². The lowest BCUT2D eigenvalue weighted by Gasteiger charge is -2.34. The van der Waals surface area contributed by atoms with Gasteiger partial charge in [0, 0.05) is 11.8 Å². The molecule has 1 unspecified atom stereocenters. The van der Waals surface area contributed by atoms with E-state index in [4.69, 9.17) is 18.9 Å². The number of hydrogen-bond donors (Lipinski definition) is 3. The van der Waals surface area contributed by atoms with Crippen molar-refractivity contribution >= 4 is 33.3 Å². The molecule has 3 fully saturated rings. The van der Waals surface area contributed by atoms with Crippen LogP contribution in [0.1, 0.15) is 49.4 Å².